The number of halogens is 2. The van der Waals surface area contributed by atoms with Crippen LogP contribution in [0.2, 0.25) is 5.02 Å². The van der Waals surface area contributed by atoms with Crippen LogP contribution in [0, 0.1) is 29.0 Å². The molecule has 9 nitrogen and oxygen atoms in total. The number of hydrogen-bond donors (Lipinski definition) is 4. The fraction of sp³-hybridized carbons (Fsp3) is 0.520. The Kier molecular flexibility index (Phi) is 7.14. The number of aromatic amines is 1. The zero-order valence-electron chi connectivity index (χ0n) is 20.3. The van der Waals surface area contributed by atoms with E-state index in [4.69, 9.17) is 16.3 Å². The lowest BCUT2D eigenvalue weighted by molar-refractivity contribution is -0.125. The predicted octanol–water partition coefficient (Wildman–Crippen LogP) is 3.18. The topological polar surface area (TPSA) is 136 Å². The average Bonchev–Trinajstić information content (AvgIpc) is 3.45. The number of nitriles is 1. The van der Waals surface area contributed by atoms with Crippen molar-refractivity contribution in [3.8, 4) is 11.8 Å². The second-order valence-electron chi connectivity index (χ2n) is 10.3. The molecule has 1 saturated carbocycles. The van der Waals surface area contributed by atoms with Crippen LogP contribution in [0.5, 0.6) is 5.75 Å². The number of aromatic nitrogens is 1. The largest absolute Gasteiger partial charge is 0.496 e. The van der Waals surface area contributed by atoms with Crippen LogP contribution >= 0.6 is 11.6 Å². The van der Waals surface area contributed by atoms with Gasteiger partial charge in [-0.05, 0) is 45.1 Å². The normalized spacial score (nSPS) is 20.3. The molecule has 1 saturated heterocycles. The van der Waals surface area contributed by atoms with Crippen LogP contribution in [0.3, 0.4) is 0 Å². The summed E-state index contributed by atoms with van der Waals surface area (Å²) >= 11 is 5.92. The van der Waals surface area contributed by atoms with E-state index < -0.39 is 29.7 Å². The Labute approximate surface area is 213 Å². The van der Waals surface area contributed by atoms with Crippen molar-refractivity contribution in [1.82, 2.24) is 20.9 Å². The van der Waals surface area contributed by atoms with E-state index in [0.717, 1.165) is 12.8 Å². The maximum Gasteiger partial charge on any atom is 0.268 e. The molecule has 1 aliphatic heterocycles. The summed E-state index contributed by atoms with van der Waals surface area (Å²) in [4.78, 5) is 41.1. The van der Waals surface area contributed by atoms with Crippen molar-refractivity contribution in [2.75, 3.05) is 7.11 Å². The lowest BCUT2D eigenvalue weighted by Gasteiger charge is -2.21. The molecule has 4 N–H and O–H groups in total. The second kappa shape index (κ2) is 9.97. The van der Waals surface area contributed by atoms with Gasteiger partial charge in [-0.15, -0.1) is 0 Å². The number of H-pyrrole nitrogens is 1. The maximum atomic E-state index is 14.5. The van der Waals surface area contributed by atoms with Gasteiger partial charge in [-0.1, -0.05) is 24.4 Å². The molecule has 0 spiro atoms. The molecule has 1 aromatic carbocycles. The van der Waals surface area contributed by atoms with Crippen LogP contribution in [-0.2, 0) is 9.59 Å². The van der Waals surface area contributed by atoms with Gasteiger partial charge in [0.2, 0.25) is 11.8 Å². The number of carbonyl (C=O) groups excluding carboxylic acids is 3. The lowest BCUT2D eigenvalue weighted by Crippen LogP contribution is -2.50. The van der Waals surface area contributed by atoms with Crippen molar-refractivity contribution in [2.45, 2.75) is 63.6 Å². The first-order valence-electron chi connectivity index (χ1n) is 11.9. The molecule has 0 radical (unpaired) electrons. The van der Waals surface area contributed by atoms with E-state index in [9.17, 15) is 24.0 Å². The minimum absolute atomic E-state index is 0.0232. The maximum absolute atomic E-state index is 14.5. The number of benzene rings is 1. The third-order valence-corrected chi connectivity index (χ3v) is 6.98. The standard InChI is InChI=1S/C25H29ClFN5O4/c1-25(2)10-13(22(33)32-25)7-14(11-28)29-23(34)17(6-12-4-5-12)31-24(35)18-8-15-19(36-3)9-16(26)20(27)21(15)30-18/h8-9,12-14,17,30H,4-7,10H2,1-3H3,(H,29,34)(H,31,35)(H,32,33). The van der Waals surface area contributed by atoms with E-state index in [-0.39, 0.29) is 40.0 Å². The molecule has 36 heavy (non-hydrogen) atoms. The molecular weight excluding hydrogens is 489 g/mol. The van der Waals surface area contributed by atoms with Crippen molar-refractivity contribution in [3.63, 3.8) is 0 Å². The predicted molar refractivity (Wildman–Crippen MR) is 131 cm³/mol. The van der Waals surface area contributed by atoms with Crippen molar-refractivity contribution in [2.24, 2.45) is 11.8 Å². The highest BCUT2D eigenvalue weighted by Gasteiger charge is 2.39. The number of methoxy groups -OCH3 is 1. The fourth-order valence-electron chi connectivity index (χ4n) is 4.73. The van der Waals surface area contributed by atoms with Gasteiger partial charge in [-0.3, -0.25) is 14.4 Å². The molecule has 11 heteroatoms. The van der Waals surface area contributed by atoms with E-state index in [1.165, 1.54) is 19.2 Å². The Morgan fingerprint density at radius 1 is 1.31 bits per heavy atom. The number of carbonyl (C=O) groups is 3. The van der Waals surface area contributed by atoms with Gasteiger partial charge in [0.1, 0.15) is 23.5 Å². The molecule has 2 aromatic rings. The summed E-state index contributed by atoms with van der Waals surface area (Å²) in [6.45, 7) is 3.82. The van der Waals surface area contributed by atoms with Crippen molar-refractivity contribution in [3.05, 3.63) is 28.7 Å². The third kappa shape index (κ3) is 5.57. The number of fused-ring (bicyclic) bond motifs is 1. The Morgan fingerprint density at radius 3 is 2.61 bits per heavy atom. The highest BCUT2D eigenvalue weighted by molar-refractivity contribution is 6.31. The Balaban J connectivity index is 1.48. The van der Waals surface area contributed by atoms with Gasteiger partial charge in [0.15, 0.2) is 5.82 Å². The molecular formula is C25H29ClFN5O4. The smallest absolute Gasteiger partial charge is 0.268 e. The fourth-order valence-corrected chi connectivity index (χ4v) is 4.92. The van der Waals surface area contributed by atoms with Gasteiger partial charge >= 0.3 is 0 Å². The van der Waals surface area contributed by atoms with E-state index in [2.05, 4.69) is 27.0 Å². The van der Waals surface area contributed by atoms with E-state index in [1.54, 1.807) is 0 Å². The molecule has 0 bridgehead atoms. The number of ether oxygens (including phenoxy) is 1. The summed E-state index contributed by atoms with van der Waals surface area (Å²) in [7, 11) is 1.41. The van der Waals surface area contributed by atoms with E-state index >= 15 is 0 Å². The molecule has 2 aliphatic rings. The first-order valence-corrected chi connectivity index (χ1v) is 12.3. The van der Waals surface area contributed by atoms with Crippen LogP contribution in [0.1, 0.15) is 56.4 Å². The van der Waals surface area contributed by atoms with Crippen LogP contribution in [0.4, 0.5) is 4.39 Å². The summed E-state index contributed by atoms with van der Waals surface area (Å²) in [5.41, 5.74) is -0.296. The molecule has 192 valence electrons. The van der Waals surface area contributed by atoms with Gasteiger partial charge in [0.05, 0.1) is 23.7 Å². The molecule has 1 aliphatic carbocycles. The number of amides is 3. The monoisotopic (exact) mass is 517 g/mol. The SMILES string of the molecule is COc1cc(Cl)c(F)c2[nH]c(C(=O)NC(CC3CC3)C(=O)NC(C#N)CC3CC(C)(C)NC3=O)cc12. The quantitative estimate of drug-likeness (QED) is 0.405. The van der Waals surface area contributed by atoms with Crippen LogP contribution in [0.15, 0.2) is 12.1 Å². The summed E-state index contributed by atoms with van der Waals surface area (Å²) in [6.07, 6.45) is 3.06. The van der Waals surface area contributed by atoms with Crippen molar-refractivity contribution in [1.29, 1.82) is 5.26 Å². The molecule has 3 unspecified atom stereocenters. The zero-order chi connectivity index (χ0) is 26.2. The molecule has 3 amide bonds. The van der Waals surface area contributed by atoms with Crippen LogP contribution < -0.4 is 20.7 Å². The summed E-state index contributed by atoms with van der Waals surface area (Å²) in [5.74, 6) is -1.74. The first-order chi connectivity index (χ1) is 17.0. The molecule has 2 heterocycles. The highest BCUT2D eigenvalue weighted by atomic mass is 35.5. The molecule has 3 atom stereocenters. The minimum Gasteiger partial charge on any atom is -0.496 e. The number of nitrogens with zero attached hydrogens (tertiary/aromatic N) is 1. The molecule has 2 fully saturated rings. The van der Waals surface area contributed by atoms with Gasteiger partial charge < -0.3 is 25.7 Å². The van der Waals surface area contributed by atoms with Gasteiger partial charge in [-0.2, -0.15) is 5.26 Å². The second-order valence-corrected chi connectivity index (χ2v) is 10.7. The van der Waals surface area contributed by atoms with Gasteiger partial charge in [0.25, 0.3) is 5.91 Å². The van der Waals surface area contributed by atoms with E-state index in [1.807, 2.05) is 13.8 Å². The van der Waals surface area contributed by atoms with E-state index in [0.29, 0.717) is 29.9 Å². The molecule has 1 aromatic heterocycles. The Hall–Kier alpha value is -3.32. The first kappa shape index (κ1) is 25.8. The number of hydrogen-bond acceptors (Lipinski definition) is 5. The number of nitrogens with one attached hydrogen (secondary N) is 4. The average molecular weight is 518 g/mol. The van der Waals surface area contributed by atoms with Gasteiger partial charge in [-0.25, -0.2) is 4.39 Å². The summed E-state index contributed by atoms with van der Waals surface area (Å²) in [5, 5.41) is 18.1. The third-order valence-electron chi connectivity index (χ3n) is 6.70. The summed E-state index contributed by atoms with van der Waals surface area (Å²) < 4.78 is 19.8. The molecule has 4 rings (SSSR count). The van der Waals surface area contributed by atoms with Crippen LogP contribution in [0.25, 0.3) is 10.9 Å². The lowest BCUT2D eigenvalue weighted by atomic mass is 9.92. The highest BCUT2D eigenvalue weighted by Crippen LogP contribution is 2.35. The summed E-state index contributed by atoms with van der Waals surface area (Å²) in [6, 6.07) is 3.05. The Morgan fingerprint density at radius 2 is 2.03 bits per heavy atom. The zero-order valence-corrected chi connectivity index (χ0v) is 21.1. The minimum atomic E-state index is -0.892. The number of rotatable bonds is 9. The van der Waals surface area contributed by atoms with Crippen molar-refractivity contribution < 1.29 is 23.5 Å². The Bertz CT molecular complexity index is 1250. The van der Waals surface area contributed by atoms with Gasteiger partial charge in [0, 0.05) is 22.9 Å². The van der Waals surface area contributed by atoms with Crippen molar-refractivity contribution >= 4 is 40.2 Å². The van der Waals surface area contributed by atoms with Crippen LogP contribution in [-0.4, -0.2) is 47.4 Å².